The van der Waals surface area contributed by atoms with Crippen molar-refractivity contribution in [1.82, 2.24) is 10.2 Å². The first-order valence-corrected chi connectivity index (χ1v) is 8.29. The van der Waals surface area contributed by atoms with Crippen molar-refractivity contribution >= 4 is 23.2 Å². The molecular formula is C15H22N2O3S. The summed E-state index contributed by atoms with van der Waals surface area (Å²) >= 11 is 1.42. The average molecular weight is 310 g/mol. The number of hydrogen-bond acceptors (Lipinski definition) is 4. The topological polar surface area (TPSA) is 69.6 Å². The van der Waals surface area contributed by atoms with Crippen LogP contribution in [-0.4, -0.2) is 48.1 Å². The van der Waals surface area contributed by atoms with Crippen LogP contribution in [0.4, 0.5) is 0 Å². The lowest BCUT2D eigenvalue weighted by atomic mass is 10.0. The molecule has 1 aromatic heterocycles. The van der Waals surface area contributed by atoms with Gasteiger partial charge in [0.2, 0.25) is 5.91 Å². The summed E-state index contributed by atoms with van der Waals surface area (Å²) in [6, 6.07) is 3.67. The van der Waals surface area contributed by atoms with Gasteiger partial charge in [0.15, 0.2) is 0 Å². The van der Waals surface area contributed by atoms with Crippen molar-refractivity contribution in [3.05, 3.63) is 22.4 Å². The molecule has 6 heteroatoms. The van der Waals surface area contributed by atoms with Gasteiger partial charge in [0.25, 0.3) is 5.91 Å². The minimum absolute atomic E-state index is 0.00223. The van der Waals surface area contributed by atoms with Crippen LogP contribution >= 0.6 is 11.3 Å². The summed E-state index contributed by atoms with van der Waals surface area (Å²) in [6.45, 7) is 1.82. The van der Waals surface area contributed by atoms with E-state index in [9.17, 15) is 14.7 Å². The summed E-state index contributed by atoms with van der Waals surface area (Å²) in [4.78, 5) is 26.6. The van der Waals surface area contributed by atoms with Gasteiger partial charge in [0, 0.05) is 32.7 Å². The number of hydrogen-bond donors (Lipinski definition) is 2. The highest BCUT2D eigenvalue weighted by Crippen LogP contribution is 2.16. The molecule has 0 saturated carbocycles. The monoisotopic (exact) mass is 310 g/mol. The molecule has 1 atom stereocenters. The predicted molar refractivity (Wildman–Crippen MR) is 82.3 cm³/mol. The van der Waals surface area contributed by atoms with Gasteiger partial charge in [0.05, 0.1) is 4.88 Å². The Morgan fingerprint density at radius 2 is 2.29 bits per heavy atom. The number of amides is 2. The van der Waals surface area contributed by atoms with E-state index in [1.54, 1.807) is 4.90 Å². The lowest BCUT2D eigenvalue weighted by Gasteiger charge is -2.22. The molecule has 116 valence electrons. The molecule has 1 unspecified atom stereocenters. The lowest BCUT2D eigenvalue weighted by Crippen LogP contribution is -2.35. The van der Waals surface area contributed by atoms with Crippen LogP contribution in [0.2, 0.25) is 0 Å². The van der Waals surface area contributed by atoms with E-state index in [1.807, 2.05) is 17.5 Å². The summed E-state index contributed by atoms with van der Waals surface area (Å²) in [7, 11) is 0. The standard InChI is InChI=1S/C15H22N2O3S/c18-11-12-3-1-8-17(9-6-14(19)16-7-5-12)15(20)13-4-2-10-21-13/h2,4,10,12,18H,1,3,5-9,11H2,(H,16,19). The van der Waals surface area contributed by atoms with Crippen molar-refractivity contribution in [2.75, 3.05) is 26.2 Å². The van der Waals surface area contributed by atoms with Gasteiger partial charge < -0.3 is 15.3 Å². The zero-order chi connectivity index (χ0) is 15.1. The Hall–Kier alpha value is -1.40. The van der Waals surface area contributed by atoms with E-state index in [0.717, 1.165) is 19.3 Å². The third kappa shape index (κ3) is 4.82. The number of nitrogens with one attached hydrogen (secondary N) is 1. The second kappa shape index (κ2) is 8.14. The van der Waals surface area contributed by atoms with E-state index in [4.69, 9.17) is 0 Å². The lowest BCUT2D eigenvalue weighted by molar-refractivity contribution is -0.121. The SMILES string of the molecule is O=C1CCN(C(=O)c2cccs2)CCCC(CO)CCN1. The molecule has 0 aromatic carbocycles. The van der Waals surface area contributed by atoms with Crippen LogP contribution in [0.5, 0.6) is 0 Å². The minimum atomic E-state index is -0.0300. The van der Waals surface area contributed by atoms with E-state index in [1.165, 1.54) is 11.3 Å². The zero-order valence-electron chi connectivity index (χ0n) is 12.1. The molecule has 2 rings (SSSR count). The molecule has 2 N–H and O–H groups in total. The Balaban J connectivity index is 2.01. The molecule has 2 heterocycles. The van der Waals surface area contributed by atoms with Crippen LogP contribution in [-0.2, 0) is 4.79 Å². The van der Waals surface area contributed by atoms with E-state index >= 15 is 0 Å². The fourth-order valence-electron chi connectivity index (χ4n) is 2.51. The van der Waals surface area contributed by atoms with Crippen LogP contribution in [0.15, 0.2) is 17.5 Å². The predicted octanol–water partition coefficient (Wildman–Crippen LogP) is 1.49. The highest BCUT2D eigenvalue weighted by molar-refractivity contribution is 7.12. The normalized spacial score (nSPS) is 21.5. The van der Waals surface area contributed by atoms with Gasteiger partial charge in [-0.15, -0.1) is 11.3 Å². The zero-order valence-corrected chi connectivity index (χ0v) is 12.9. The number of aliphatic hydroxyl groups is 1. The van der Waals surface area contributed by atoms with Crippen LogP contribution in [0.25, 0.3) is 0 Å². The van der Waals surface area contributed by atoms with E-state index < -0.39 is 0 Å². The van der Waals surface area contributed by atoms with Gasteiger partial charge in [0.1, 0.15) is 0 Å². The van der Waals surface area contributed by atoms with Crippen LogP contribution in [0, 0.1) is 5.92 Å². The van der Waals surface area contributed by atoms with Gasteiger partial charge >= 0.3 is 0 Å². The molecule has 1 aliphatic heterocycles. The molecule has 1 saturated heterocycles. The molecule has 1 fully saturated rings. The first-order valence-electron chi connectivity index (χ1n) is 7.41. The maximum Gasteiger partial charge on any atom is 0.263 e. The third-order valence-electron chi connectivity index (χ3n) is 3.80. The smallest absolute Gasteiger partial charge is 0.263 e. The number of rotatable bonds is 2. The maximum absolute atomic E-state index is 12.4. The number of carbonyl (C=O) groups excluding carboxylic acids is 2. The Labute approximate surface area is 129 Å². The number of nitrogens with zero attached hydrogens (tertiary/aromatic N) is 1. The number of carbonyl (C=O) groups is 2. The summed E-state index contributed by atoms with van der Waals surface area (Å²) < 4.78 is 0. The maximum atomic E-state index is 12.4. The first kappa shape index (κ1) is 16.0. The Morgan fingerprint density at radius 3 is 3.00 bits per heavy atom. The fourth-order valence-corrected chi connectivity index (χ4v) is 3.20. The van der Waals surface area contributed by atoms with Crippen LogP contribution in [0.1, 0.15) is 35.4 Å². The molecule has 0 spiro atoms. The van der Waals surface area contributed by atoms with Gasteiger partial charge in [-0.25, -0.2) is 0 Å². The molecule has 21 heavy (non-hydrogen) atoms. The summed E-state index contributed by atoms with van der Waals surface area (Å²) in [5.74, 6) is 0.164. The summed E-state index contributed by atoms with van der Waals surface area (Å²) in [5.41, 5.74) is 0. The highest BCUT2D eigenvalue weighted by Gasteiger charge is 2.19. The minimum Gasteiger partial charge on any atom is -0.396 e. The largest absolute Gasteiger partial charge is 0.396 e. The van der Waals surface area contributed by atoms with Crippen molar-refractivity contribution in [2.45, 2.75) is 25.7 Å². The second-order valence-electron chi connectivity index (χ2n) is 5.35. The van der Waals surface area contributed by atoms with Crippen molar-refractivity contribution in [1.29, 1.82) is 0 Å². The molecule has 0 bridgehead atoms. The van der Waals surface area contributed by atoms with Gasteiger partial charge in [-0.1, -0.05) is 6.07 Å². The third-order valence-corrected chi connectivity index (χ3v) is 4.66. The number of aliphatic hydroxyl groups excluding tert-OH is 1. The first-order chi connectivity index (χ1) is 10.2. The van der Waals surface area contributed by atoms with Crippen molar-refractivity contribution in [3.63, 3.8) is 0 Å². The Kier molecular flexibility index (Phi) is 6.20. The summed E-state index contributed by atoms with van der Waals surface area (Å²) in [5, 5.41) is 14.1. The quantitative estimate of drug-likeness (QED) is 0.869. The van der Waals surface area contributed by atoms with Gasteiger partial charge in [-0.2, -0.15) is 0 Å². The van der Waals surface area contributed by atoms with Crippen molar-refractivity contribution in [2.24, 2.45) is 5.92 Å². The molecular weight excluding hydrogens is 288 g/mol. The molecule has 1 aromatic rings. The molecule has 5 nitrogen and oxygen atoms in total. The van der Waals surface area contributed by atoms with Gasteiger partial charge in [-0.3, -0.25) is 9.59 Å². The van der Waals surface area contributed by atoms with E-state index in [-0.39, 0.29) is 24.3 Å². The molecule has 0 aliphatic carbocycles. The Bertz CT molecular complexity index is 461. The molecule has 1 aliphatic rings. The van der Waals surface area contributed by atoms with Crippen LogP contribution < -0.4 is 5.32 Å². The second-order valence-corrected chi connectivity index (χ2v) is 6.30. The van der Waals surface area contributed by atoms with E-state index in [2.05, 4.69) is 5.32 Å². The van der Waals surface area contributed by atoms with Crippen molar-refractivity contribution in [3.8, 4) is 0 Å². The van der Waals surface area contributed by atoms with Gasteiger partial charge in [-0.05, 0) is 36.6 Å². The van der Waals surface area contributed by atoms with E-state index in [0.29, 0.717) is 30.9 Å². The van der Waals surface area contributed by atoms with Crippen molar-refractivity contribution < 1.29 is 14.7 Å². The average Bonchev–Trinajstić information content (AvgIpc) is 3.00. The molecule has 0 radical (unpaired) electrons. The fraction of sp³-hybridized carbons (Fsp3) is 0.600. The van der Waals surface area contributed by atoms with Crippen LogP contribution in [0.3, 0.4) is 0 Å². The summed E-state index contributed by atoms with van der Waals surface area (Å²) in [6.07, 6.45) is 2.86. The highest BCUT2D eigenvalue weighted by atomic mass is 32.1. The Morgan fingerprint density at radius 1 is 1.43 bits per heavy atom. The number of thiophene rings is 1. The molecule has 2 amide bonds.